The molecule has 0 bridgehead atoms. The molecule has 130 valence electrons. The van der Waals surface area contributed by atoms with Crippen LogP contribution in [-0.2, 0) is 20.0 Å². The summed E-state index contributed by atoms with van der Waals surface area (Å²) in [5.74, 6) is -0.741. The third-order valence-corrected chi connectivity index (χ3v) is 5.29. The average molecular weight is 413 g/mol. The van der Waals surface area contributed by atoms with E-state index in [1.54, 1.807) is 0 Å². The highest BCUT2D eigenvalue weighted by atomic mass is 35.5. The Morgan fingerprint density at radius 1 is 0.917 bits per heavy atom. The molecule has 24 heavy (non-hydrogen) atoms. The summed E-state index contributed by atoms with van der Waals surface area (Å²) in [7, 11) is -7.54. The summed E-state index contributed by atoms with van der Waals surface area (Å²) in [4.78, 5) is -0.233. The predicted molar refractivity (Wildman–Crippen MR) is 92.1 cm³/mol. The molecule has 0 heterocycles. The number of sulfonamides is 2. The summed E-state index contributed by atoms with van der Waals surface area (Å²) in [5.41, 5.74) is 0.200. The van der Waals surface area contributed by atoms with Gasteiger partial charge in [-0.15, -0.1) is 0 Å². The molecule has 0 aliphatic rings. The lowest BCUT2D eigenvalue weighted by molar-refractivity contribution is 0.599. The molecule has 0 aliphatic carbocycles. The number of rotatable bonds is 5. The average Bonchev–Trinajstić information content (AvgIpc) is 2.43. The summed E-state index contributed by atoms with van der Waals surface area (Å²) in [6.07, 6.45) is 0.957. The molecule has 0 aliphatic heterocycles. The SMILES string of the molecule is CS(=O)(=O)Nc1ccc(NS(=O)(=O)c2ccc(F)c(Cl)c2)cc1Cl. The fraction of sp³-hybridized carbons (Fsp3) is 0.0769. The van der Waals surface area contributed by atoms with Gasteiger partial charge in [0.15, 0.2) is 0 Å². The number of anilines is 2. The van der Waals surface area contributed by atoms with Gasteiger partial charge < -0.3 is 0 Å². The topological polar surface area (TPSA) is 92.3 Å². The van der Waals surface area contributed by atoms with Crippen LogP contribution in [0.2, 0.25) is 10.0 Å². The number of nitrogens with one attached hydrogen (secondary N) is 2. The minimum atomic E-state index is -4.02. The van der Waals surface area contributed by atoms with Crippen LogP contribution in [0.4, 0.5) is 15.8 Å². The number of benzene rings is 2. The fourth-order valence-corrected chi connectivity index (χ4v) is 3.90. The zero-order valence-electron chi connectivity index (χ0n) is 12.0. The van der Waals surface area contributed by atoms with Gasteiger partial charge in [0.2, 0.25) is 10.0 Å². The van der Waals surface area contributed by atoms with Crippen molar-refractivity contribution in [2.45, 2.75) is 4.90 Å². The van der Waals surface area contributed by atoms with E-state index in [0.29, 0.717) is 0 Å². The van der Waals surface area contributed by atoms with Crippen LogP contribution in [0.5, 0.6) is 0 Å². The maximum absolute atomic E-state index is 13.1. The Morgan fingerprint density at radius 3 is 2.12 bits per heavy atom. The molecule has 0 amide bonds. The number of hydrogen-bond donors (Lipinski definition) is 2. The maximum Gasteiger partial charge on any atom is 0.261 e. The van der Waals surface area contributed by atoms with Gasteiger partial charge in [0, 0.05) is 0 Å². The van der Waals surface area contributed by atoms with Crippen molar-refractivity contribution in [2.24, 2.45) is 0 Å². The van der Waals surface area contributed by atoms with Crippen molar-refractivity contribution in [3.63, 3.8) is 0 Å². The van der Waals surface area contributed by atoms with E-state index in [1.165, 1.54) is 18.2 Å². The second-order valence-corrected chi connectivity index (χ2v) is 9.00. The fourth-order valence-electron chi connectivity index (χ4n) is 1.72. The molecule has 2 aromatic rings. The van der Waals surface area contributed by atoms with Crippen LogP contribution in [-0.4, -0.2) is 23.1 Å². The van der Waals surface area contributed by atoms with Gasteiger partial charge in [0.25, 0.3) is 10.0 Å². The minimum Gasteiger partial charge on any atom is -0.282 e. The molecular weight excluding hydrogens is 402 g/mol. The van der Waals surface area contributed by atoms with Crippen LogP contribution in [0.1, 0.15) is 0 Å². The van der Waals surface area contributed by atoms with E-state index in [1.807, 2.05) is 0 Å². The zero-order valence-corrected chi connectivity index (χ0v) is 15.2. The highest BCUT2D eigenvalue weighted by molar-refractivity contribution is 7.92. The zero-order chi connectivity index (χ0) is 18.1. The molecule has 2 aromatic carbocycles. The van der Waals surface area contributed by atoms with Crippen LogP contribution in [0, 0.1) is 5.82 Å². The van der Waals surface area contributed by atoms with Crippen molar-refractivity contribution < 1.29 is 21.2 Å². The first kappa shape index (κ1) is 18.8. The Morgan fingerprint density at radius 2 is 1.58 bits per heavy atom. The smallest absolute Gasteiger partial charge is 0.261 e. The Bertz CT molecular complexity index is 995. The van der Waals surface area contributed by atoms with E-state index >= 15 is 0 Å². The third kappa shape index (κ3) is 4.73. The standard InChI is InChI=1S/C13H11Cl2FN2O4S2/c1-23(19,20)18-13-5-2-8(6-11(13)15)17-24(21,22)9-3-4-12(16)10(14)7-9/h2-7,17-18H,1H3. The predicted octanol–water partition coefficient (Wildman–Crippen LogP) is 3.30. The summed E-state index contributed by atoms with van der Waals surface area (Å²) < 4.78 is 64.4. The third-order valence-electron chi connectivity index (χ3n) is 2.72. The Labute approximate surface area is 148 Å². The molecule has 2 rings (SSSR count). The van der Waals surface area contributed by atoms with Gasteiger partial charge in [0.05, 0.1) is 32.6 Å². The first-order valence-electron chi connectivity index (χ1n) is 6.23. The van der Waals surface area contributed by atoms with Crippen LogP contribution < -0.4 is 9.44 Å². The highest BCUT2D eigenvalue weighted by Crippen LogP contribution is 2.28. The lowest BCUT2D eigenvalue weighted by Crippen LogP contribution is -2.14. The van der Waals surface area contributed by atoms with Crippen molar-refractivity contribution in [1.82, 2.24) is 0 Å². The van der Waals surface area contributed by atoms with Gasteiger partial charge in [-0.25, -0.2) is 21.2 Å². The van der Waals surface area contributed by atoms with Crippen LogP contribution in [0.15, 0.2) is 41.3 Å². The Kier molecular flexibility index (Phi) is 5.28. The summed E-state index contributed by atoms with van der Waals surface area (Å²) >= 11 is 11.5. The maximum atomic E-state index is 13.1. The van der Waals surface area contributed by atoms with Crippen molar-refractivity contribution >= 4 is 54.6 Å². The summed E-state index contributed by atoms with van der Waals surface area (Å²) in [6, 6.07) is 6.83. The highest BCUT2D eigenvalue weighted by Gasteiger charge is 2.17. The first-order valence-corrected chi connectivity index (χ1v) is 10.4. The van der Waals surface area contributed by atoms with Crippen LogP contribution in [0.25, 0.3) is 0 Å². The van der Waals surface area contributed by atoms with Crippen molar-refractivity contribution in [3.05, 3.63) is 52.3 Å². The van der Waals surface area contributed by atoms with Crippen LogP contribution in [0.3, 0.4) is 0 Å². The van der Waals surface area contributed by atoms with E-state index in [-0.39, 0.29) is 26.3 Å². The normalized spacial score (nSPS) is 12.0. The molecule has 0 fully saturated rings. The molecule has 0 aromatic heterocycles. The van der Waals surface area contributed by atoms with Gasteiger partial charge in [-0.1, -0.05) is 23.2 Å². The molecule has 0 saturated carbocycles. The van der Waals surface area contributed by atoms with E-state index in [2.05, 4.69) is 9.44 Å². The van der Waals surface area contributed by atoms with Gasteiger partial charge >= 0.3 is 0 Å². The Balaban J connectivity index is 2.30. The van der Waals surface area contributed by atoms with E-state index in [0.717, 1.165) is 24.5 Å². The summed E-state index contributed by atoms with van der Waals surface area (Å²) in [5, 5.41) is -0.332. The molecule has 0 spiro atoms. The van der Waals surface area contributed by atoms with Crippen molar-refractivity contribution in [1.29, 1.82) is 0 Å². The van der Waals surface area contributed by atoms with E-state index in [9.17, 15) is 21.2 Å². The second kappa shape index (κ2) is 6.75. The van der Waals surface area contributed by atoms with Gasteiger partial charge in [-0.05, 0) is 36.4 Å². The van der Waals surface area contributed by atoms with Crippen LogP contribution >= 0.6 is 23.2 Å². The second-order valence-electron chi connectivity index (χ2n) is 4.75. The number of halogens is 3. The first-order chi connectivity index (χ1) is 11.0. The largest absolute Gasteiger partial charge is 0.282 e. The molecule has 0 atom stereocenters. The minimum absolute atomic E-state index is 0.00207. The lowest BCUT2D eigenvalue weighted by atomic mass is 10.3. The van der Waals surface area contributed by atoms with Gasteiger partial charge in [-0.3, -0.25) is 9.44 Å². The van der Waals surface area contributed by atoms with E-state index < -0.39 is 25.9 Å². The van der Waals surface area contributed by atoms with Crippen molar-refractivity contribution in [2.75, 3.05) is 15.7 Å². The Hall–Kier alpha value is -1.55. The molecule has 0 unspecified atom stereocenters. The molecule has 0 radical (unpaired) electrons. The number of hydrogen-bond acceptors (Lipinski definition) is 4. The summed E-state index contributed by atoms with van der Waals surface area (Å²) in [6.45, 7) is 0. The molecule has 11 heteroatoms. The van der Waals surface area contributed by atoms with Gasteiger partial charge in [-0.2, -0.15) is 0 Å². The molecule has 6 nitrogen and oxygen atoms in total. The van der Waals surface area contributed by atoms with E-state index in [4.69, 9.17) is 23.2 Å². The monoisotopic (exact) mass is 412 g/mol. The molecule has 0 saturated heterocycles. The van der Waals surface area contributed by atoms with Crippen molar-refractivity contribution in [3.8, 4) is 0 Å². The van der Waals surface area contributed by atoms with Gasteiger partial charge in [0.1, 0.15) is 5.82 Å². The lowest BCUT2D eigenvalue weighted by Gasteiger charge is -2.11. The molecule has 2 N–H and O–H groups in total. The quantitative estimate of drug-likeness (QED) is 0.787. The molecular formula is C13H11Cl2FN2O4S2.